The zero-order valence-corrected chi connectivity index (χ0v) is 12.0. The third kappa shape index (κ3) is 2.99. The molecule has 0 aliphatic heterocycles. The first kappa shape index (κ1) is 14.1. The number of ether oxygens (including phenoxy) is 2. The highest BCUT2D eigenvalue weighted by molar-refractivity contribution is 5.81. The van der Waals surface area contributed by atoms with E-state index in [4.69, 9.17) is 9.47 Å². The summed E-state index contributed by atoms with van der Waals surface area (Å²) in [5.74, 6) is 1.06. The van der Waals surface area contributed by atoms with E-state index < -0.39 is 0 Å². The average molecular weight is 270 g/mol. The summed E-state index contributed by atoms with van der Waals surface area (Å²) in [6.07, 6.45) is 0.779. The van der Waals surface area contributed by atoms with Crippen LogP contribution in [0.2, 0.25) is 0 Å². The third-order valence-electron chi connectivity index (χ3n) is 3.23. The normalized spacial score (nSPS) is 10.2. The summed E-state index contributed by atoms with van der Waals surface area (Å²) in [5, 5.41) is 0. The molecular weight excluding hydrogens is 252 g/mol. The molecule has 0 radical (unpaired) electrons. The molecule has 3 heteroatoms. The Balaban J connectivity index is 2.26. The van der Waals surface area contributed by atoms with Crippen LogP contribution >= 0.6 is 0 Å². The van der Waals surface area contributed by atoms with Gasteiger partial charge in [0.1, 0.15) is 6.61 Å². The second-order valence-electron chi connectivity index (χ2n) is 4.72. The molecule has 0 unspecified atom stereocenters. The van der Waals surface area contributed by atoms with Gasteiger partial charge in [0.05, 0.1) is 12.7 Å². The van der Waals surface area contributed by atoms with Gasteiger partial charge >= 0.3 is 0 Å². The number of carbonyl (C=O) groups is 1. The fourth-order valence-corrected chi connectivity index (χ4v) is 2.05. The highest BCUT2D eigenvalue weighted by Crippen LogP contribution is 2.31. The molecule has 0 aliphatic rings. The summed E-state index contributed by atoms with van der Waals surface area (Å²) in [7, 11) is 1.56. The van der Waals surface area contributed by atoms with Crippen molar-refractivity contribution in [3.63, 3.8) is 0 Å². The van der Waals surface area contributed by atoms with Crippen LogP contribution < -0.4 is 9.47 Å². The maximum atomic E-state index is 11.1. The molecule has 2 aromatic carbocycles. The summed E-state index contributed by atoms with van der Waals surface area (Å²) in [5.41, 5.74) is 3.95. The van der Waals surface area contributed by atoms with Crippen LogP contribution in [0, 0.1) is 13.8 Å². The van der Waals surface area contributed by atoms with E-state index in [-0.39, 0.29) is 0 Å². The number of rotatable bonds is 5. The number of carbonyl (C=O) groups excluding carboxylic acids is 1. The van der Waals surface area contributed by atoms with E-state index in [1.807, 2.05) is 13.8 Å². The minimum absolute atomic E-state index is 0.411. The van der Waals surface area contributed by atoms with Gasteiger partial charge in [0, 0.05) is 0 Å². The van der Waals surface area contributed by atoms with Crippen molar-refractivity contribution in [3.8, 4) is 11.5 Å². The van der Waals surface area contributed by atoms with Crippen molar-refractivity contribution in [1.82, 2.24) is 0 Å². The highest BCUT2D eigenvalue weighted by atomic mass is 16.5. The fraction of sp³-hybridized carbons (Fsp3) is 0.235. The third-order valence-corrected chi connectivity index (χ3v) is 3.23. The van der Waals surface area contributed by atoms with Crippen molar-refractivity contribution in [2.75, 3.05) is 7.11 Å². The van der Waals surface area contributed by atoms with Crippen LogP contribution in [0.4, 0.5) is 0 Å². The van der Waals surface area contributed by atoms with Gasteiger partial charge in [-0.15, -0.1) is 0 Å². The number of hydrogen-bond acceptors (Lipinski definition) is 3. The molecule has 0 saturated carbocycles. The Morgan fingerprint density at radius 1 is 1.15 bits per heavy atom. The number of hydrogen-bond donors (Lipinski definition) is 0. The molecule has 0 bridgehead atoms. The lowest BCUT2D eigenvalue weighted by molar-refractivity contribution is 0.111. The zero-order valence-electron chi connectivity index (χ0n) is 12.0. The van der Waals surface area contributed by atoms with Crippen LogP contribution in [0.5, 0.6) is 11.5 Å². The molecule has 3 nitrogen and oxygen atoms in total. The van der Waals surface area contributed by atoms with Gasteiger partial charge in [0.15, 0.2) is 17.8 Å². The molecule has 0 atom stereocenters. The predicted molar refractivity (Wildman–Crippen MR) is 78.6 cm³/mol. The molecule has 0 fully saturated rings. The zero-order chi connectivity index (χ0) is 14.5. The first-order valence-corrected chi connectivity index (χ1v) is 6.47. The number of methoxy groups -OCH3 is 1. The summed E-state index contributed by atoms with van der Waals surface area (Å²) < 4.78 is 11.1. The van der Waals surface area contributed by atoms with Gasteiger partial charge in [-0.1, -0.05) is 29.8 Å². The van der Waals surface area contributed by atoms with Crippen LogP contribution in [-0.2, 0) is 6.61 Å². The van der Waals surface area contributed by atoms with Crippen LogP contribution in [0.15, 0.2) is 36.4 Å². The Kier molecular flexibility index (Phi) is 4.41. The lowest BCUT2D eigenvalue weighted by Gasteiger charge is -2.14. The average Bonchev–Trinajstić information content (AvgIpc) is 2.47. The minimum atomic E-state index is 0.411. The maximum absolute atomic E-state index is 11.1. The van der Waals surface area contributed by atoms with E-state index in [1.54, 1.807) is 25.3 Å². The molecule has 0 spiro atoms. The van der Waals surface area contributed by atoms with Gasteiger partial charge in [-0.05, 0) is 37.1 Å². The number of aldehydes is 1. The molecule has 2 rings (SSSR count). The van der Waals surface area contributed by atoms with Gasteiger partial charge in [-0.2, -0.15) is 0 Å². The lowest BCUT2D eigenvalue weighted by atomic mass is 10.1. The molecule has 0 aliphatic carbocycles. The highest BCUT2D eigenvalue weighted by Gasteiger charge is 2.10. The van der Waals surface area contributed by atoms with E-state index in [2.05, 4.69) is 18.2 Å². The molecular formula is C17H18O3. The van der Waals surface area contributed by atoms with Gasteiger partial charge in [0.2, 0.25) is 0 Å². The van der Waals surface area contributed by atoms with Crippen molar-refractivity contribution in [2.24, 2.45) is 0 Å². The Hall–Kier alpha value is -2.29. The van der Waals surface area contributed by atoms with Crippen molar-refractivity contribution in [2.45, 2.75) is 20.5 Å². The topological polar surface area (TPSA) is 35.5 Å². The SMILES string of the molecule is COc1cccc(C=O)c1OCc1cc(C)ccc1C. The fourth-order valence-electron chi connectivity index (χ4n) is 2.05. The predicted octanol–water partition coefficient (Wildman–Crippen LogP) is 3.70. The van der Waals surface area contributed by atoms with Crippen LogP contribution in [0.3, 0.4) is 0 Å². The molecule has 20 heavy (non-hydrogen) atoms. The van der Waals surface area contributed by atoms with Gasteiger partial charge in [-0.3, -0.25) is 4.79 Å². The van der Waals surface area contributed by atoms with Gasteiger partial charge in [0.25, 0.3) is 0 Å². The Morgan fingerprint density at radius 2 is 1.95 bits per heavy atom. The molecule has 104 valence electrons. The maximum Gasteiger partial charge on any atom is 0.172 e. The number of para-hydroxylation sites is 1. The smallest absolute Gasteiger partial charge is 0.172 e. The van der Waals surface area contributed by atoms with Crippen LogP contribution in [0.25, 0.3) is 0 Å². The molecule has 0 N–H and O–H groups in total. The van der Waals surface area contributed by atoms with Crippen molar-refractivity contribution < 1.29 is 14.3 Å². The van der Waals surface area contributed by atoms with Crippen molar-refractivity contribution in [1.29, 1.82) is 0 Å². The minimum Gasteiger partial charge on any atom is -0.493 e. The van der Waals surface area contributed by atoms with Crippen LogP contribution in [0.1, 0.15) is 27.0 Å². The van der Waals surface area contributed by atoms with E-state index in [0.29, 0.717) is 23.7 Å². The molecule has 0 aromatic heterocycles. The second-order valence-corrected chi connectivity index (χ2v) is 4.72. The molecule has 2 aromatic rings. The van der Waals surface area contributed by atoms with E-state index in [9.17, 15) is 4.79 Å². The van der Waals surface area contributed by atoms with E-state index >= 15 is 0 Å². The largest absolute Gasteiger partial charge is 0.493 e. The summed E-state index contributed by atoms with van der Waals surface area (Å²) >= 11 is 0. The monoisotopic (exact) mass is 270 g/mol. The summed E-state index contributed by atoms with van der Waals surface area (Å²) in [6.45, 7) is 4.50. The van der Waals surface area contributed by atoms with Crippen molar-refractivity contribution in [3.05, 3.63) is 58.7 Å². The first-order chi connectivity index (χ1) is 9.65. The van der Waals surface area contributed by atoms with E-state index in [1.165, 1.54) is 5.56 Å². The second kappa shape index (κ2) is 6.24. The lowest BCUT2D eigenvalue weighted by Crippen LogP contribution is -2.02. The summed E-state index contributed by atoms with van der Waals surface area (Å²) in [6, 6.07) is 11.5. The Labute approximate surface area is 119 Å². The molecule has 0 amide bonds. The Bertz CT molecular complexity index is 618. The standard InChI is InChI=1S/C17H18O3/c1-12-7-8-13(2)15(9-12)11-20-17-14(10-18)5-4-6-16(17)19-3/h4-10H,11H2,1-3H3. The van der Waals surface area contributed by atoms with Crippen LogP contribution in [-0.4, -0.2) is 13.4 Å². The van der Waals surface area contributed by atoms with Crippen molar-refractivity contribution >= 4 is 6.29 Å². The van der Waals surface area contributed by atoms with Gasteiger partial charge < -0.3 is 9.47 Å². The summed E-state index contributed by atoms with van der Waals surface area (Å²) in [4.78, 5) is 11.1. The van der Waals surface area contributed by atoms with Gasteiger partial charge in [-0.25, -0.2) is 0 Å². The van der Waals surface area contributed by atoms with E-state index in [0.717, 1.165) is 17.4 Å². The number of aryl methyl sites for hydroxylation is 2. The quantitative estimate of drug-likeness (QED) is 0.777. The molecule has 0 heterocycles. The first-order valence-electron chi connectivity index (χ1n) is 6.47. The number of benzene rings is 2. The Morgan fingerprint density at radius 3 is 2.65 bits per heavy atom. The molecule has 0 saturated heterocycles.